The maximum absolute atomic E-state index is 12.0. The van der Waals surface area contributed by atoms with E-state index in [4.69, 9.17) is 10.5 Å². The maximum Gasteiger partial charge on any atom is 0.224 e. The van der Waals surface area contributed by atoms with Crippen LogP contribution in [0.4, 0.5) is 11.4 Å². The minimum absolute atomic E-state index is 0.00121. The van der Waals surface area contributed by atoms with Crippen LogP contribution in [0.2, 0.25) is 0 Å². The van der Waals surface area contributed by atoms with Gasteiger partial charge >= 0.3 is 0 Å². The first-order valence-electron chi connectivity index (χ1n) is 6.88. The maximum atomic E-state index is 12.0. The first kappa shape index (κ1) is 14.9. The number of methoxy groups -OCH3 is 1. The lowest BCUT2D eigenvalue weighted by Gasteiger charge is -2.09. The molecule has 3 N–H and O–H groups in total. The van der Waals surface area contributed by atoms with Gasteiger partial charge in [-0.3, -0.25) is 4.79 Å². The number of hydrogen-bond donors (Lipinski definition) is 2. The van der Waals surface area contributed by atoms with Crippen molar-refractivity contribution in [1.82, 2.24) is 0 Å². The van der Waals surface area contributed by atoms with Gasteiger partial charge in [0.15, 0.2) is 0 Å². The van der Waals surface area contributed by atoms with E-state index in [1.807, 2.05) is 49.4 Å². The number of aryl methyl sites for hydroxylation is 2. The monoisotopic (exact) mass is 284 g/mol. The SMILES string of the molecule is COc1ccc(CCC(=O)Nc2ccccc2C)cc1N. The molecule has 0 aliphatic rings. The van der Waals surface area contributed by atoms with Crippen LogP contribution in [-0.2, 0) is 11.2 Å². The third-order valence-electron chi connectivity index (χ3n) is 3.35. The van der Waals surface area contributed by atoms with Gasteiger partial charge in [0.05, 0.1) is 12.8 Å². The van der Waals surface area contributed by atoms with E-state index in [9.17, 15) is 4.79 Å². The molecule has 2 rings (SSSR count). The Balaban J connectivity index is 1.92. The molecule has 0 heterocycles. The molecule has 0 aromatic heterocycles. The van der Waals surface area contributed by atoms with Crippen LogP contribution >= 0.6 is 0 Å². The average Bonchev–Trinajstić information content (AvgIpc) is 2.48. The summed E-state index contributed by atoms with van der Waals surface area (Å²) in [6, 6.07) is 13.3. The molecule has 0 atom stereocenters. The van der Waals surface area contributed by atoms with Gasteiger partial charge in [0.1, 0.15) is 5.75 Å². The molecular formula is C17H20N2O2. The lowest BCUT2D eigenvalue weighted by atomic mass is 10.1. The van der Waals surface area contributed by atoms with Crippen LogP contribution in [0.1, 0.15) is 17.5 Å². The lowest BCUT2D eigenvalue weighted by molar-refractivity contribution is -0.116. The Hall–Kier alpha value is -2.49. The van der Waals surface area contributed by atoms with Crippen LogP contribution < -0.4 is 15.8 Å². The molecule has 0 bridgehead atoms. The van der Waals surface area contributed by atoms with Crippen molar-refractivity contribution < 1.29 is 9.53 Å². The molecule has 0 radical (unpaired) electrons. The highest BCUT2D eigenvalue weighted by molar-refractivity contribution is 5.91. The summed E-state index contributed by atoms with van der Waals surface area (Å²) in [7, 11) is 1.58. The first-order chi connectivity index (χ1) is 10.1. The van der Waals surface area contributed by atoms with Crippen molar-refractivity contribution >= 4 is 17.3 Å². The van der Waals surface area contributed by atoms with Crippen LogP contribution in [0.3, 0.4) is 0 Å². The highest BCUT2D eigenvalue weighted by Gasteiger charge is 2.06. The summed E-state index contributed by atoms with van der Waals surface area (Å²) in [5.74, 6) is 0.654. The molecule has 4 nitrogen and oxygen atoms in total. The number of carbonyl (C=O) groups excluding carboxylic acids is 1. The van der Waals surface area contributed by atoms with Gasteiger partial charge in [0.2, 0.25) is 5.91 Å². The smallest absolute Gasteiger partial charge is 0.224 e. The zero-order valence-electron chi connectivity index (χ0n) is 12.3. The fourth-order valence-corrected chi connectivity index (χ4v) is 2.12. The number of carbonyl (C=O) groups is 1. The number of rotatable bonds is 5. The molecule has 0 saturated carbocycles. The fourth-order valence-electron chi connectivity index (χ4n) is 2.12. The Morgan fingerprint density at radius 2 is 2.00 bits per heavy atom. The van der Waals surface area contributed by atoms with Gasteiger partial charge < -0.3 is 15.8 Å². The number of nitrogen functional groups attached to an aromatic ring is 1. The van der Waals surface area contributed by atoms with E-state index in [1.54, 1.807) is 7.11 Å². The summed E-state index contributed by atoms with van der Waals surface area (Å²) in [4.78, 5) is 12.0. The Morgan fingerprint density at radius 1 is 1.24 bits per heavy atom. The van der Waals surface area contributed by atoms with Gasteiger partial charge in [-0.2, -0.15) is 0 Å². The zero-order chi connectivity index (χ0) is 15.2. The van der Waals surface area contributed by atoms with E-state index < -0.39 is 0 Å². The number of ether oxygens (including phenoxy) is 1. The van der Waals surface area contributed by atoms with E-state index >= 15 is 0 Å². The summed E-state index contributed by atoms with van der Waals surface area (Å²) in [5.41, 5.74) is 9.38. The Morgan fingerprint density at radius 3 is 2.67 bits per heavy atom. The second-order valence-electron chi connectivity index (χ2n) is 4.94. The molecule has 0 aliphatic heterocycles. The van der Waals surface area contributed by atoms with E-state index in [0.29, 0.717) is 24.3 Å². The van der Waals surface area contributed by atoms with Crippen molar-refractivity contribution in [1.29, 1.82) is 0 Å². The molecule has 0 spiro atoms. The van der Waals surface area contributed by atoms with Crippen LogP contribution in [0.25, 0.3) is 0 Å². The fraction of sp³-hybridized carbons (Fsp3) is 0.235. The predicted molar refractivity (Wildman–Crippen MR) is 85.5 cm³/mol. The van der Waals surface area contributed by atoms with Crippen molar-refractivity contribution in [2.24, 2.45) is 0 Å². The molecule has 0 saturated heterocycles. The molecule has 1 amide bonds. The zero-order valence-corrected chi connectivity index (χ0v) is 12.3. The van der Waals surface area contributed by atoms with Crippen LogP contribution in [0.15, 0.2) is 42.5 Å². The summed E-state index contributed by atoms with van der Waals surface area (Å²) < 4.78 is 5.11. The normalized spacial score (nSPS) is 10.2. The Bertz CT molecular complexity index is 638. The van der Waals surface area contributed by atoms with Crippen LogP contribution in [-0.4, -0.2) is 13.0 Å². The average molecular weight is 284 g/mol. The molecule has 2 aromatic rings. The number of nitrogens with one attached hydrogen (secondary N) is 1. The molecule has 0 aliphatic carbocycles. The molecular weight excluding hydrogens is 264 g/mol. The summed E-state index contributed by atoms with van der Waals surface area (Å²) in [6.45, 7) is 1.97. The molecule has 0 fully saturated rings. The second-order valence-corrected chi connectivity index (χ2v) is 4.94. The molecule has 4 heteroatoms. The number of amides is 1. The number of nitrogens with two attached hydrogens (primary N) is 1. The Labute approximate surface area is 124 Å². The molecule has 21 heavy (non-hydrogen) atoms. The van der Waals surface area contributed by atoms with E-state index in [2.05, 4.69) is 5.32 Å². The number of hydrogen-bond acceptors (Lipinski definition) is 3. The summed E-state index contributed by atoms with van der Waals surface area (Å²) >= 11 is 0. The van der Waals surface area contributed by atoms with E-state index in [1.165, 1.54) is 0 Å². The number of benzene rings is 2. The Kier molecular flexibility index (Phi) is 4.82. The third-order valence-corrected chi connectivity index (χ3v) is 3.35. The summed E-state index contributed by atoms with van der Waals surface area (Å²) in [6.07, 6.45) is 1.06. The van der Waals surface area contributed by atoms with E-state index in [-0.39, 0.29) is 5.91 Å². The van der Waals surface area contributed by atoms with Crippen molar-refractivity contribution in [2.75, 3.05) is 18.2 Å². The van der Waals surface area contributed by atoms with Crippen molar-refractivity contribution in [3.63, 3.8) is 0 Å². The van der Waals surface area contributed by atoms with Gasteiger partial charge in [0.25, 0.3) is 0 Å². The highest BCUT2D eigenvalue weighted by Crippen LogP contribution is 2.22. The van der Waals surface area contributed by atoms with Gasteiger partial charge in [-0.25, -0.2) is 0 Å². The molecule has 110 valence electrons. The number of para-hydroxylation sites is 1. The van der Waals surface area contributed by atoms with Crippen LogP contribution in [0.5, 0.6) is 5.75 Å². The topological polar surface area (TPSA) is 64.3 Å². The second kappa shape index (κ2) is 6.79. The van der Waals surface area contributed by atoms with Gasteiger partial charge in [-0.15, -0.1) is 0 Å². The van der Waals surface area contributed by atoms with Gasteiger partial charge in [-0.1, -0.05) is 24.3 Å². The predicted octanol–water partition coefficient (Wildman–Crippen LogP) is 3.16. The molecule has 2 aromatic carbocycles. The standard InChI is InChI=1S/C17H20N2O2/c1-12-5-3-4-6-15(12)19-17(20)10-8-13-7-9-16(21-2)14(18)11-13/h3-7,9,11H,8,10,18H2,1-2H3,(H,19,20). The molecule has 0 unspecified atom stereocenters. The first-order valence-corrected chi connectivity index (χ1v) is 6.88. The summed E-state index contributed by atoms with van der Waals surface area (Å²) in [5, 5.41) is 2.92. The van der Waals surface area contributed by atoms with Crippen LogP contribution in [0, 0.1) is 6.92 Å². The minimum atomic E-state index is -0.00121. The minimum Gasteiger partial charge on any atom is -0.495 e. The van der Waals surface area contributed by atoms with Gasteiger partial charge in [0, 0.05) is 12.1 Å². The van der Waals surface area contributed by atoms with Crippen molar-refractivity contribution in [3.05, 3.63) is 53.6 Å². The van der Waals surface area contributed by atoms with Crippen molar-refractivity contribution in [2.45, 2.75) is 19.8 Å². The van der Waals surface area contributed by atoms with Gasteiger partial charge in [-0.05, 0) is 42.7 Å². The van der Waals surface area contributed by atoms with E-state index in [0.717, 1.165) is 16.8 Å². The number of anilines is 2. The highest BCUT2D eigenvalue weighted by atomic mass is 16.5. The largest absolute Gasteiger partial charge is 0.495 e. The third kappa shape index (κ3) is 3.99. The van der Waals surface area contributed by atoms with Crippen molar-refractivity contribution in [3.8, 4) is 5.75 Å². The quantitative estimate of drug-likeness (QED) is 0.829. The lowest BCUT2D eigenvalue weighted by Crippen LogP contribution is -2.13.